The molecule has 0 saturated carbocycles. The second kappa shape index (κ2) is 32.7. The van der Waals surface area contributed by atoms with E-state index in [-0.39, 0.29) is 151 Å². The van der Waals surface area contributed by atoms with Crippen LogP contribution in [0.4, 0.5) is 0 Å². The first-order chi connectivity index (χ1) is 0. The zero-order valence-corrected chi connectivity index (χ0v) is 9.61. The minimum atomic E-state index is 0. The fourth-order valence-corrected chi connectivity index (χ4v) is 0. The first-order valence-electron chi connectivity index (χ1n) is 0. The Morgan fingerprint density at radius 1 is 1.00 bits per heavy atom. The topological polar surface area (TPSA) is 0 Å². The van der Waals surface area contributed by atoms with E-state index in [4.69, 9.17) is 0 Å². The molecule has 0 atom stereocenters. The summed E-state index contributed by atoms with van der Waals surface area (Å²) in [4.78, 5) is 0. The molecule has 0 saturated heterocycles. The molecular weight excluding hydrogens is 427 g/mol. The molecule has 0 amide bonds. The first kappa shape index (κ1) is 44.6. The van der Waals surface area contributed by atoms with Gasteiger partial charge in [-0.25, -0.2) is 0 Å². The Morgan fingerprint density at radius 2 is 1.00 bits per heavy atom. The minimum Gasteiger partial charge on any atom is 0 e. The van der Waals surface area contributed by atoms with Crippen molar-refractivity contribution in [3.63, 3.8) is 0 Å². The largest absolute Gasteiger partial charge is 0.316 e. The summed E-state index contributed by atoms with van der Waals surface area (Å²) >= 11 is 0. The molecule has 0 spiro atoms. The van der Waals surface area contributed by atoms with Crippen LogP contribution >= 0.6 is 0 Å². The van der Waals surface area contributed by atoms with Gasteiger partial charge in [0, 0.05) is 79.3 Å². The van der Waals surface area contributed by atoms with Crippen LogP contribution in [0.1, 0.15) is 0 Å². The van der Waals surface area contributed by atoms with Gasteiger partial charge in [0.1, 0.15) is 0 Å². The van der Waals surface area contributed by atoms with E-state index in [1.54, 1.807) is 0 Å². The molecule has 0 aromatic heterocycles. The molecule has 0 aromatic rings. The van der Waals surface area contributed by atoms with Gasteiger partial charge in [-0.2, -0.15) is 0 Å². The third-order valence-corrected chi connectivity index (χ3v) is 0. The fraction of sp³-hybridized carbons (Fsp3) is 0. The van der Waals surface area contributed by atoms with E-state index in [9.17, 15) is 0 Å². The van der Waals surface area contributed by atoms with Gasteiger partial charge in [0.05, 0.1) is 0 Å². The van der Waals surface area contributed by atoms with Crippen LogP contribution in [-0.4, -0.2) is 71.9 Å². The van der Waals surface area contributed by atoms with Crippen molar-refractivity contribution < 1.29 is 79.3 Å². The molecule has 0 aliphatic rings. The van der Waals surface area contributed by atoms with Crippen molar-refractivity contribution in [1.29, 1.82) is 0 Å². The van der Waals surface area contributed by atoms with Crippen LogP contribution in [0, 0.1) is 0 Å². The maximum atomic E-state index is 0. The van der Waals surface area contributed by atoms with Gasteiger partial charge < -0.3 is 0 Å². The molecule has 28 valence electrons. The van der Waals surface area contributed by atoms with Crippen LogP contribution in [-0.2, 0) is 79.3 Å². The summed E-state index contributed by atoms with van der Waals surface area (Å²) in [6, 6.07) is 0. The normalized spacial score (nSPS) is 0. The van der Waals surface area contributed by atoms with Gasteiger partial charge in [0.25, 0.3) is 0 Å². The zero-order chi connectivity index (χ0) is 0. The first-order valence-corrected chi connectivity index (χ1v) is 0. The van der Waals surface area contributed by atoms with Crippen molar-refractivity contribution >= 4 is 71.9 Å². The maximum Gasteiger partial charge on any atom is 0.316 e. The second-order valence-corrected chi connectivity index (χ2v) is 0. The van der Waals surface area contributed by atoms with Gasteiger partial charge in [-0.1, -0.05) is 0 Å². The second-order valence-electron chi connectivity index (χ2n) is 0. The van der Waals surface area contributed by atoms with Crippen LogP contribution in [0.25, 0.3) is 0 Å². The molecule has 0 aliphatic heterocycles. The van der Waals surface area contributed by atoms with E-state index in [0.29, 0.717) is 0 Å². The van der Waals surface area contributed by atoms with Crippen LogP contribution in [0.5, 0.6) is 0 Å². The van der Waals surface area contributed by atoms with E-state index >= 15 is 0 Å². The van der Waals surface area contributed by atoms with Crippen LogP contribution < -0.4 is 0 Å². The predicted molar refractivity (Wildman–Crippen MR) is 17.1 cm³/mol. The van der Waals surface area contributed by atoms with E-state index in [1.165, 1.54) is 0 Å². The Bertz CT molecular complexity index is 15.5. The number of rotatable bonds is 0. The smallest absolute Gasteiger partial charge is 0 e. The standard InChI is InChI=1S/Ba.Fe.Mg.Mo.Ti.Zn.4H. The molecule has 0 unspecified atom stereocenters. The molecule has 0 bridgehead atoms. The predicted octanol–water partition coefficient (Wildman–Crippen LogP) is -1.84. The van der Waals surface area contributed by atoms with Crippen LogP contribution in [0.15, 0.2) is 0 Å². The van der Waals surface area contributed by atoms with Gasteiger partial charge in [0.15, 0.2) is 0 Å². The number of hydrogen-bond donors (Lipinski definition) is 0. The molecule has 6 heteroatoms. The minimum absolute atomic E-state index is 0. The van der Waals surface area contributed by atoms with E-state index < -0.39 is 0 Å². The van der Waals surface area contributed by atoms with Crippen LogP contribution in [0.3, 0.4) is 0 Å². The number of hydrogen-bond acceptors (Lipinski definition) is 0. The fourth-order valence-electron chi connectivity index (χ4n) is 0. The Labute approximate surface area is 147 Å². The summed E-state index contributed by atoms with van der Waals surface area (Å²) in [6.45, 7) is 0. The molecule has 0 heterocycles. The molecule has 0 nitrogen and oxygen atoms in total. The van der Waals surface area contributed by atoms with Gasteiger partial charge >= 0.3 is 71.9 Å². The summed E-state index contributed by atoms with van der Waals surface area (Å²) in [5.74, 6) is 0. The Balaban J connectivity index is 0. The van der Waals surface area contributed by atoms with Gasteiger partial charge in [-0.05, 0) is 0 Å². The molecule has 0 rings (SSSR count). The third-order valence-electron chi connectivity index (χ3n) is 0. The molecule has 0 aliphatic carbocycles. The maximum absolute atomic E-state index is 0. The summed E-state index contributed by atoms with van der Waals surface area (Å²) in [7, 11) is 0. The van der Waals surface area contributed by atoms with E-state index in [1.807, 2.05) is 0 Å². The summed E-state index contributed by atoms with van der Waals surface area (Å²) in [5.41, 5.74) is 0. The zero-order valence-electron chi connectivity index (χ0n) is 1.97. The van der Waals surface area contributed by atoms with Crippen molar-refractivity contribution in [3.05, 3.63) is 0 Å². The molecule has 6 heavy (non-hydrogen) atoms. The quantitative estimate of drug-likeness (QED) is 0.396. The van der Waals surface area contributed by atoms with Gasteiger partial charge in [0.2, 0.25) is 0 Å². The average molecular weight is 431 g/mol. The SMILES string of the molecule is [BaH2].[Fe].[MgH2].[Mo].[Ti].[Zn]. The third kappa shape index (κ3) is 23.2. The Kier molecular flexibility index (Phi) is 243. The van der Waals surface area contributed by atoms with Crippen molar-refractivity contribution in [2.75, 3.05) is 0 Å². The molecule has 0 fully saturated rings. The average Bonchev–Trinajstić information content (AvgIpc) is 0. The summed E-state index contributed by atoms with van der Waals surface area (Å²) < 4.78 is 0. The van der Waals surface area contributed by atoms with Crippen LogP contribution in [0.2, 0.25) is 0 Å². The van der Waals surface area contributed by atoms with Crippen molar-refractivity contribution in [3.8, 4) is 0 Å². The summed E-state index contributed by atoms with van der Waals surface area (Å²) in [6.07, 6.45) is 0. The summed E-state index contributed by atoms with van der Waals surface area (Å²) in [5, 5.41) is 0. The monoisotopic (exact) mass is 432 g/mol. The van der Waals surface area contributed by atoms with E-state index in [2.05, 4.69) is 0 Å². The molecule has 0 radical (unpaired) electrons. The van der Waals surface area contributed by atoms with E-state index in [0.717, 1.165) is 0 Å². The van der Waals surface area contributed by atoms with Gasteiger partial charge in [-0.15, -0.1) is 0 Å². The molecule has 0 aromatic carbocycles. The molecule has 0 N–H and O–H groups in total. The van der Waals surface area contributed by atoms with Gasteiger partial charge in [-0.3, -0.25) is 0 Å². The van der Waals surface area contributed by atoms with Crippen molar-refractivity contribution in [2.24, 2.45) is 0 Å². The van der Waals surface area contributed by atoms with Crippen molar-refractivity contribution in [1.82, 2.24) is 0 Å². The molecular formula is H4BaFeMgMoTiZn. The Morgan fingerprint density at radius 3 is 1.00 bits per heavy atom. The van der Waals surface area contributed by atoms with Crippen molar-refractivity contribution in [2.45, 2.75) is 0 Å². The Hall–Kier alpha value is 4.88.